The van der Waals surface area contributed by atoms with Crippen LogP contribution in [0.4, 0.5) is 4.79 Å². The minimum Gasteiger partial charge on any atom is -0.445 e. The van der Waals surface area contributed by atoms with Crippen molar-refractivity contribution in [2.45, 2.75) is 45.1 Å². The van der Waals surface area contributed by atoms with E-state index in [1.165, 1.54) is 11.6 Å². The Balaban J connectivity index is 1.35. The highest BCUT2D eigenvalue weighted by atomic mass is 16.7. The van der Waals surface area contributed by atoms with Gasteiger partial charge in [-0.2, -0.15) is 0 Å². The fraction of sp³-hybridized carbons (Fsp3) is 0.289. The zero-order valence-electron chi connectivity index (χ0n) is 26.0. The number of ether oxygens (including phenoxy) is 3. The van der Waals surface area contributed by atoms with Crippen LogP contribution in [0.3, 0.4) is 0 Å². The molecule has 2 N–H and O–H groups in total. The molecular weight excluding hydrogens is 564 g/mol. The number of benzene rings is 4. The average Bonchev–Trinajstić information content (AvgIpc) is 3.08. The number of nitrogens with zero attached hydrogens (tertiary/aromatic N) is 1. The third-order valence-corrected chi connectivity index (χ3v) is 8.18. The highest BCUT2D eigenvalue weighted by Crippen LogP contribution is 2.42. The third kappa shape index (κ3) is 8.47. The molecule has 234 valence electrons. The topological polar surface area (TPSA) is 80.3 Å². The van der Waals surface area contributed by atoms with E-state index in [-0.39, 0.29) is 31.3 Å². The van der Waals surface area contributed by atoms with Gasteiger partial charge in [0.05, 0.1) is 18.8 Å². The molecule has 1 heterocycles. The molecule has 1 amide bonds. The lowest BCUT2D eigenvalue weighted by molar-refractivity contribution is -0.276. The van der Waals surface area contributed by atoms with Crippen LogP contribution < -0.4 is 5.32 Å². The lowest BCUT2D eigenvalue weighted by Crippen LogP contribution is -2.43. The first-order valence-electron chi connectivity index (χ1n) is 15.4. The zero-order valence-corrected chi connectivity index (χ0v) is 26.0. The minimum absolute atomic E-state index is 0.00490. The molecule has 4 aromatic rings. The monoisotopic (exact) mass is 606 g/mol. The number of likely N-dealkylation sites (N-methyl/N-ethyl adjacent to an activating group) is 1. The summed E-state index contributed by atoms with van der Waals surface area (Å²) >= 11 is 0. The quantitative estimate of drug-likeness (QED) is 0.166. The molecule has 0 aliphatic carbocycles. The highest BCUT2D eigenvalue weighted by Gasteiger charge is 2.38. The Morgan fingerprint density at radius 1 is 0.911 bits per heavy atom. The average molecular weight is 607 g/mol. The number of hydrogen-bond donors (Lipinski definition) is 2. The minimum atomic E-state index is -0.551. The highest BCUT2D eigenvalue weighted by molar-refractivity contribution is 5.70. The summed E-state index contributed by atoms with van der Waals surface area (Å²) in [4.78, 5) is 14.3. The zero-order chi connectivity index (χ0) is 31.6. The summed E-state index contributed by atoms with van der Waals surface area (Å²) in [6.07, 6.45) is 0.247. The molecule has 1 saturated heterocycles. The Kier molecular flexibility index (Phi) is 11.2. The standard InChI is InChI=1S/C38H42N2O5/c1-4-22-43-38(42)39-23-33-12-8-9-13-34(33)30-18-20-32(21-19-30)37-44-35(25-40(3)24-28-10-6-5-7-11-28)27(2)36(45-37)31-16-14-29(26-41)15-17-31/h4-21,27,35-37,41H,1,22-26H2,2-3H3,(H,39,42)/t27-,35+,36+,37+/m1/s1. The van der Waals surface area contributed by atoms with Gasteiger partial charge < -0.3 is 24.6 Å². The SMILES string of the molecule is C=CCOC(=O)NCc1ccccc1-c1ccc([C@H]2O[C@@H](CN(C)Cc3ccccc3)[C@@H](C)[C@@H](c3ccc(CO)cc3)O2)cc1. The van der Waals surface area contributed by atoms with Gasteiger partial charge in [0.15, 0.2) is 6.29 Å². The van der Waals surface area contributed by atoms with E-state index >= 15 is 0 Å². The van der Waals surface area contributed by atoms with Crippen LogP contribution >= 0.6 is 0 Å². The maximum atomic E-state index is 12.0. The van der Waals surface area contributed by atoms with Crippen LogP contribution in [0, 0.1) is 5.92 Å². The van der Waals surface area contributed by atoms with E-state index in [0.29, 0.717) is 6.54 Å². The molecule has 0 radical (unpaired) electrons. The van der Waals surface area contributed by atoms with E-state index in [1.807, 2.05) is 54.6 Å². The van der Waals surface area contributed by atoms with Crippen LogP contribution in [0.15, 0.2) is 116 Å². The number of hydrogen-bond acceptors (Lipinski definition) is 6. The smallest absolute Gasteiger partial charge is 0.407 e. The van der Waals surface area contributed by atoms with Gasteiger partial charge in [0.1, 0.15) is 6.61 Å². The Morgan fingerprint density at radius 2 is 1.60 bits per heavy atom. The van der Waals surface area contributed by atoms with E-state index in [9.17, 15) is 9.90 Å². The predicted octanol–water partition coefficient (Wildman–Crippen LogP) is 7.18. The Morgan fingerprint density at radius 3 is 2.31 bits per heavy atom. The van der Waals surface area contributed by atoms with Crippen LogP contribution in [0.2, 0.25) is 0 Å². The molecule has 5 rings (SSSR count). The van der Waals surface area contributed by atoms with Gasteiger partial charge in [-0.15, -0.1) is 0 Å². The molecule has 1 aliphatic heterocycles. The Labute approximate surface area is 266 Å². The maximum Gasteiger partial charge on any atom is 0.407 e. The molecule has 4 aromatic carbocycles. The number of aliphatic hydroxyl groups is 1. The molecule has 7 heteroatoms. The van der Waals surface area contributed by atoms with Crippen molar-refractivity contribution < 1.29 is 24.1 Å². The van der Waals surface area contributed by atoms with Gasteiger partial charge in [0.25, 0.3) is 0 Å². The molecular formula is C38H42N2O5. The fourth-order valence-corrected chi connectivity index (χ4v) is 5.72. The second kappa shape index (κ2) is 15.6. The number of nitrogens with one attached hydrogen (secondary N) is 1. The summed E-state index contributed by atoms with van der Waals surface area (Å²) in [7, 11) is 2.12. The molecule has 0 spiro atoms. The van der Waals surface area contributed by atoms with Crippen molar-refractivity contribution in [2.75, 3.05) is 20.2 Å². The molecule has 0 unspecified atom stereocenters. The summed E-state index contributed by atoms with van der Waals surface area (Å²) in [6, 6.07) is 34.7. The van der Waals surface area contributed by atoms with E-state index < -0.39 is 12.4 Å². The molecule has 45 heavy (non-hydrogen) atoms. The van der Waals surface area contributed by atoms with Gasteiger partial charge in [-0.3, -0.25) is 4.90 Å². The number of alkyl carbamates (subject to hydrolysis) is 1. The second-order valence-corrected chi connectivity index (χ2v) is 11.5. The summed E-state index contributed by atoms with van der Waals surface area (Å²) in [5, 5.41) is 12.4. The normalized spacial score (nSPS) is 19.6. The van der Waals surface area contributed by atoms with Crippen molar-refractivity contribution in [3.63, 3.8) is 0 Å². The molecule has 1 aliphatic rings. The van der Waals surface area contributed by atoms with Crippen molar-refractivity contribution in [1.82, 2.24) is 10.2 Å². The van der Waals surface area contributed by atoms with Crippen LogP contribution in [-0.2, 0) is 33.9 Å². The third-order valence-electron chi connectivity index (χ3n) is 8.18. The summed E-state index contributed by atoms with van der Waals surface area (Å²) < 4.78 is 18.4. The maximum absolute atomic E-state index is 12.0. The van der Waals surface area contributed by atoms with Gasteiger partial charge in [0, 0.05) is 31.1 Å². The van der Waals surface area contributed by atoms with Crippen molar-refractivity contribution in [3.05, 3.63) is 144 Å². The number of amides is 1. The van der Waals surface area contributed by atoms with Gasteiger partial charge >= 0.3 is 6.09 Å². The molecule has 4 atom stereocenters. The first kappa shape index (κ1) is 32.1. The van der Waals surface area contributed by atoms with Gasteiger partial charge in [-0.25, -0.2) is 4.79 Å². The summed E-state index contributed by atoms with van der Waals surface area (Å²) in [5.41, 5.74) is 7.15. The first-order chi connectivity index (χ1) is 21.9. The van der Waals surface area contributed by atoms with Gasteiger partial charge in [-0.1, -0.05) is 123 Å². The first-order valence-corrected chi connectivity index (χ1v) is 15.4. The lowest BCUT2D eigenvalue weighted by Gasteiger charge is -2.42. The van der Waals surface area contributed by atoms with E-state index in [1.54, 1.807) is 0 Å². The van der Waals surface area contributed by atoms with Gasteiger partial charge in [0.2, 0.25) is 0 Å². The number of aliphatic hydroxyl groups excluding tert-OH is 1. The summed E-state index contributed by atoms with van der Waals surface area (Å²) in [6.45, 7) is 7.84. The summed E-state index contributed by atoms with van der Waals surface area (Å²) in [5.74, 6) is 0.0938. The van der Waals surface area contributed by atoms with Crippen molar-refractivity contribution in [3.8, 4) is 11.1 Å². The van der Waals surface area contributed by atoms with Crippen molar-refractivity contribution in [1.29, 1.82) is 0 Å². The Bertz CT molecular complexity index is 1520. The van der Waals surface area contributed by atoms with Gasteiger partial charge in [-0.05, 0) is 40.4 Å². The number of rotatable bonds is 12. The molecule has 0 bridgehead atoms. The van der Waals surface area contributed by atoms with Crippen LogP contribution in [-0.4, -0.2) is 42.4 Å². The largest absolute Gasteiger partial charge is 0.445 e. The van der Waals surface area contributed by atoms with Crippen LogP contribution in [0.25, 0.3) is 11.1 Å². The van der Waals surface area contributed by atoms with E-state index in [2.05, 4.69) is 79.3 Å². The second-order valence-electron chi connectivity index (χ2n) is 11.5. The number of carbonyl (C=O) groups is 1. The fourth-order valence-electron chi connectivity index (χ4n) is 5.72. The van der Waals surface area contributed by atoms with E-state index in [4.69, 9.17) is 14.2 Å². The van der Waals surface area contributed by atoms with Crippen molar-refractivity contribution >= 4 is 6.09 Å². The van der Waals surface area contributed by atoms with Crippen molar-refractivity contribution in [2.24, 2.45) is 5.92 Å². The Hall–Kier alpha value is -4.27. The molecule has 7 nitrogen and oxygen atoms in total. The molecule has 0 aromatic heterocycles. The predicted molar refractivity (Wildman–Crippen MR) is 176 cm³/mol. The van der Waals surface area contributed by atoms with Crippen LogP contribution in [0.5, 0.6) is 0 Å². The molecule has 0 saturated carbocycles. The van der Waals surface area contributed by atoms with Crippen LogP contribution in [0.1, 0.15) is 47.1 Å². The number of carbonyl (C=O) groups excluding carboxylic acids is 1. The lowest BCUT2D eigenvalue weighted by atomic mass is 9.90. The van der Waals surface area contributed by atoms with E-state index in [0.717, 1.165) is 46.5 Å². The molecule has 1 fully saturated rings.